The van der Waals surface area contributed by atoms with Gasteiger partial charge >= 0.3 is 5.97 Å². The fourth-order valence-electron chi connectivity index (χ4n) is 1.61. The van der Waals surface area contributed by atoms with Crippen LogP contribution in [0.1, 0.15) is 30.1 Å². The van der Waals surface area contributed by atoms with Gasteiger partial charge in [-0.15, -0.1) is 0 Å². The molecule has 1 aromatic carbocycles. The van der Waals surface area contributed by atoms with Crippen molar-refractivity contribution < 1.29 is 23.1 Å². The standard InChI is InChI=1S/C12H15ClO5S/c1-3-4-5-19(16,17)10-7-8(13)6-9(12(14)15)11(10)18-2/h6-7H,3-5H2,1-2H3,(H,14,15). The first-order valence-corrected chi connectivity index (χ1v) is 7.70. The molecule has 0 spiro atoms. The number of aromatic carboxylic acids is 1. The lowest BCUT2D eigenvalue weighted by Gasteiger charge is -2.12. The van der Waals surface area contributed by atoms with Gasteiger partial charge in [0.05, 0.1) is 12.9 Å². The highest BCUT2D eigenvalue weighted by Gasteiger charge is 2.25. The van der Waals surface area contributed by atoms with E-state index in [1.54, 1.807) is 0 Å². The molecule has 0 aliphatic rings. The van der Waals surface area contributed by atoms with Crippen molar-refractivity contribution in [3.05, 3.63) is 22.7 Å². The molecule has 0 heterocycles. The van der Waals surface area contributed by atoms with Crippen LogP contribution in [0.25, 0.3) is 0 Å². The summed E-state index contributed by atoms with van der Waals surface area (Å²) in [5, 5.41) is 9.10. The Morgan fingerprint density at radius 1 is 1.42 bits per heavy atom. The Labute approximate surface area is 117 Å². The molecule has 7 heteroatoms. The van der Waals surface area contributed by atoms with Gasteiger partial charge in [-0.25, -0.2) is 13.2 Å². The molecule has 1 aromatic rings. The summed E-state index contributed by atoms with van der Waals surface area (Å²) in [6, 6.07) is 2.39. The third-order valence-corrected chi connectivity index (χ3v) is 4.57. The topological polar surface area (TPSA) is 80.7 Å². The summed E-state index contributed by atoms with van der Waals surface area (Å²) in [6.07, 6.45) is 1.20. The Morgan fingerprint density at radius 3 is 2.53 bits per heavy atom. The Morgan fingerprint density at radius 2 is 2.05 bits per heavy atom. The molecule has 0 saturated heterocycles. The van der Waals surface area contributed by atoms with E-state index in [4.69, 9.17) is 21.4 Å². The highest BCUT2D eigenvalue weighted by Crippen LogP contribution is 2.32. The highest BCUT2D eigenvalue weighted by molar-refractivity contribution is 7.91. The minimum Gasteiger partial charge on any atom is -0.494 e. The molecule has 0 fully saturated rings. The fraction of sp³-hybridized carbons (Fsp3) is 0.417. The number of unbranched alkanes of at least 4 members (excludes halogenated alkanes) is 1. The second-order valence-corrected chi connectivity index (χ2v) is 6.48. The molecule has 1 rings (SSSR count). The summed E-state index contributed by atoms with van der Waals surface area (Å²) in [5.41, 5.74) is -0.259. The van der Waals surface area contributed by atoms with Crippen LogP contribution >= 0.6 is 11.6 Å². The number of benzene rings is 1. The number of ether oxygens (including phenoxy) is 1. The fourth-order valence-corrected chi connectivity index (χ4v) is 3.57. The molecule has 0 radical (unpaired) electrons. The summed E-state index contributed by atoms with van der Waals surface area (Å²) in [6.45, 7) is 1.87. The molecule has 0 saturated carbocycles. The van der Waals surface area contributed by atoms with Crippen LogP contribution in [-0.4, -0.2) is 32.4 Å². The van der Waals surface area contributed by atoms with E-state index >= 15 is 0 Å². The van der Waals surface area contributed by atoms with Gasteiger partial charge in [-0.05, 0) is 18.6 Å². The van der Waals surface area contributed by atoms with Crippen LogP contribution < -0.4 is 4.74 Å². The van der Waals surface area contributed by atoms with Crippen molar-refractivity contribution in [3.63, 3.8) is 0 Å². The van der Waals surface area contributed by atoms with Crippen LogP contribution in [-0.2, 0) is 9.84 Å². The quantitative estimate of drug-likeness (QED) is 0.873. The monoisotopic (exact) mass is 306 g/mol. The molecule has 0 aliphatic heterocycles. The Hall–Kier alpha value is -1.27. The SMILES string of the molecule is CCCCS(=O)(=O)c1cc(Cl)cc(C(=O)O)c1OC. The van der Waals surface area contributed by atoms with Gasteiger partial charge in [-0.1, -0.05) is 24.9 Å². The average Bonchev–Trinajstić information content (AvgIpc) is 2.35. The lowest BCUT2D eigenvalue weighted by molar-refractivity contribution is 0.0693. The maximum absolute atomic E-state index is 12.2. The van der Waals surface area contributed by atoms with Crippen molar-refractivity contribution in [2.24, 2.45) is 0 Å². The van der Waals surface area contributed by atoms with E-state index in [1.165, 1.54) is 19.2 Å². The van der Waals surface area contributed by atoms with Crippen LogP contribution in [0.15, 0.2) is 17.0 Å². The number of halogens is 1. The number of sulfone groups is 1. The maximum Gasteiger partial charge on any atom is 0.339 e. The maximum atomic E-state index is 12.2. The van der Waals surface area contributed by atoms with Gasteiger partial charge in [0.2, 0.25) is 0 Å². The van der Waals surface area contributed by atoms with E-state index < -0.39 is 15.8 Å². The lowest BCUT2D eigenvalue weighted by Crippen LogP contribution is -2.11. The van der Waals surface area contributed by atoms with E-state index in [0.717, 1.165) is 0 Å². The molecular formula is C12H15ClO5S. The first-order valence-electron chi connectivity index (χ1n) is 5.67. The van der Waals surface area contributed by atoms with Crippen LogP contribution in [0.5, 0.6) is 5.75 Å². The molecular weight excluding hydrogens is 292 g/mol. The number of hydrogen-bond acceptors (Lipinski definition) is 4. The van der Waals surface area contributed by atoms with Crippen molar-refractivity contribution >= 4 is 27.4 Å². The number of carboxylic acid groups (broad SMARTS) is 1. The highest BCUT2D eigenvalue weighted by atomic mass is 35.5. The minimum absolute atomic E-state index is 0.0493. The van der Waals surface area contributed by atoms with E-state index in [0.29, 0.717) is 12.8 Å². The normalized spacial score (nSPS) is 11.3. The van der Waals surface area contributed by atoms with E-state index in [2.05, 4.69) is 0 Å². The summed E-state index contributed by atoms with van der Waals surface area (Å²) in [7, 11) is -2.39. The van der Waals surface area contributed by atoms with Gasteiger partial charge in [0.25, 0.3) is 0 Å². The first kappa shape index (κ1) is 15.8. The number of carbonyl (C=O) groups is 1. The van der Waals surface area contributed by atoms with Gasteiger partial charge in [0.15, 0.2) is 15.6 Å². The summed E-state index contributed by atoms with van der Waals surface area (Å²) in [4.78, 5) is 10.9. The molecule has 0 amide bonds. The second-order valence-electron chi connectivity index (χ2n) is 3.96. The summed E-state index contributed by atoms with van der Waals surface area (Å²) in [5.74, 6) is -1.53. The molecule has 19 heavy (non-hydrogen) atoms. The molecule has 0 unspecified atom stereocenters. The minimum atomic E-state index is -3.62. The molecule has 106 valence electrons. The number of rotatable bonds is 6. The first-order chi connectivity index (χ1) is 8.83. The summed E-state index contributed by atoms with van der Waals surface area (Å²) >= 11 is 5.78. The zero-order valence-electron chi connectivity index (χ0n) is 10.6. The molecule has 0 aromatic heterocycles. The predicted octanol–water partition coefficient (Wildman–Crippen LogP) is 2.62. The third kappa shape index (κ3) is 3.61. The van der Waals surface area contributed by atoms with Gasteiger partial charge in [-0.2, -0.15) is 0 Å². The third-order valence-electron chi connectivity index (χ3n) is 2.56. The largest absolute Gasteiger partial charge is 0.494 e. The zero-order valence-corrected chi connectivity index (χ0v) is 12.2. The number of methoxy groups -OCH3 is 1. The molecule has 0 bridgehead atoms. The van der Waals surface area contributed by atoms with Gasteiger partial charge in [-0.3, -0.25) is 0 Å². The van der Waals surface area contributed by atoms with Gasteiger partial charge in [0.1, 0.15) is 10.5 Å². The molecule has 0 atom stereocenters. The van der Waals surface area contributed by atoms with Crippen molar-refractivity contribution in [1.82, 2.24) is 0 Å². The van der Waals surface area contributed by atoms with Gasteiger partial charge in [0, 0.05) is 5.02 Å². The van der Waals surface area contributed by atoms with Crippen LogP contribution in [0.4, 0.5) is 0 Å². The number of hydrogen-bond donors (Lipinski definition) is 1. The smallest absolute Gasteiger partial charge is 0.339 e. The van der Waals surface area contributed by atoms with Gasteiger partial charge < -0.3 is 9.84 Å². The van der Waals surface area contributed by atoms with E-state index in [1.807, 2.05) is 6.92 Å². The van der Waals surface area contributed by atoms with E-state index in [9.17, 15) is 13.2 Å². The number of carboxylic acids is 1. The van der Waals surface area contributed by atoms with Crippen LogP contribution in [0.2, 0.25) is 5.02 Å². The molecule has 1 N–H and O–H groups in total. The Kier molecular flexibility index (Phi) is 5.20. The average molecular weight is 307 g/mol. The van der Waals surface area contributed by atoms with Crippen LogP contribution in [0.3, 0.4) is 0 Å². The van der Waals surface area contributed by atoms with E-state index in [-0.39, 0.29) is 27.0 Å². The van der Waals surface area contributed by atoms with Crippen molar-refractivity contribution in [3.8, 4) is 5.75 Å². The van der Waals surface area contributed by atoms with Crippen molar-refractivity contribution in [1.29, 1.82) is 0 Å². The second kappa shape index (κ2) is 6.25. The lowest BCUT2D eigenvalue weighted by atomic mass is 10.2. The predicted molar refractivity (Wildman–Crippen MR) is 71.9 cm³/mol. The molecule has 0 aliphatic carbocycles. The molecule has 5 nitrogen and oxygen atoms in total. The zero-order chi connectivity index (χ0) is 14.6. The van der Waals surface area contributed by atoms with Crippen molar-refractivity contribution in [2.75, 3.05) is 12.9 Å². The van der Waals surface area contributed by atoms with Crippen molar-refractivity contribution in [2.45, 2.75) is 24.7 Å². The summed E-state index contributed by atoms with van der Waals surface area (Å²) < 4.78 is 29.3. The van der Waals surface area contributed by atoms with Crippen LogP contribution in [0, 0.1) is 0 Å². The Balaban J connectivity index is 3.46. The Bertz CT molecular complexity index is 580.